The second-order valence-corrected chi connectivity index (χ2v) is 6.30. The summed E-state index contributed by atoms with van der Waals surface area (Å²) >= 11 is 0. The first-order chi connectivity index (χ1) is 10.9. The van der Waals surface area contributed by atoms with Gasteiger partial charge in [-0.2, -0.15) is 5.10 Å². The van der Waals surface area contributed by atoms with Crippen molar-refractivity contribution < 1.29 is 0 Å². The van der Waals surface area contributed by atoms with Crippen molar-refractivity contribution in [3.63, 3.8) is 0 Å². The first-order valence-electron chi connectivity index (χ1n) is 8.02. The van der Waals surface area contributed by atoms with E-state index < -0.39 is 0 Å². The van der Waals surface area contributed by atoms with Crippen LogP contribution in [0.1, 0.15) is 47.7 Å². The van der Waals surface area contributed by atoms with Gasteiger partial charge in [0.1, 0.15) is 0 Å². The highest BCUT2D eigenvalue weighted by Crippen LogP contribution is 2.38. The van der Waals surface area contributed by atoms with Crippen LogP contribution in [0.3, 0.4) is 0 Å². The Hall–Kier alpha value is -2.42. The van der Waals surface area contributed by atoms with Crippen molar-refractivity contribution in [2.24, 2.45) is 0 Å². The third-order valence-electron chi connectivity index (χ3n) is 5.02. The first kappa shape index (κ1) is 12.2. The number of rotatable bonds is 2. The van der Waals surface area contributed by atoms with Crippen molar-refractivity contribution in [3.8, 4) is 0 Å². The van der Waals surface area contributed by atoms with Gasteiger partial charge >= 0.3 is 0 Å². The van der Waals surface area contributed by atoms with Gasteiger partial charge in [0.2, 0.25) is 0 Å². The molecule has 3 heterocycles. The Morgan fingerprint density at radius 2 is 2.05 bits per heavy atom. The van der Waals surface area contributed by atoms with Crippen LogP contribution in [0.15, 0.2) is 48.8 Å². The van der Waals surface area contributed by atoms with Gasteiger partial charge in [0.25, 0.3) is 0 Å². The van der Waals surface area contributed by atoms with Crippen molar-refractivity contribution >= 4 is 11.1 Å². The van der Waals surface area contributed by atoms with Crippen molar-refractivity contribution in [2.45, 2.75) is 31.6 Å². The SMILES string of the molecule is C1=C(c2ccn3nccc3c2)c2ccc(C3CCC3)nc2C1. The van der Waals surface area contributed by atoms with E-state index in [4.69, 9.17) is 4.98 Å². The van der Waals surface area contributed by atoms with Gasteiger partial charge in [0.15, 0.2) is 0 Å². The minimum Gasteiger partial charge on any atom is -0.257 e. The van der Waals surface area contributed by atoms with Gasteiger partial charge in [-0.3, -0.25) is 4.98 Å². The second-order valence-electron chi connectivity index (χ2n) is 6.30. The Bertz CT molecular complexity index is 900. The van der Waals surface area contributed by atoms with Crippen LogP contribution in [-0.2, 0) is 6.42 Å². The summed E-state index contributed by atoms with van der Waals surface area (Å²) in [6.45, 7) is 0. The number of fused-ring (bicyclic) bond motifs is 2. The average Bonchev–Trinajstić information content (AvgIpc) is 3.10. The van der Waals surface area contributed by atoms with Crippen molar-refractivity contribution in [2.75, 3.05) is 0 Å². The largest absolute Gasteiger partial charge is 0.257 e. The number of hydrogen-bond acceptors (Lipinski definition) is 2. The highest BCUT2D eigenvalue weighted by molar-refractivity contribution is 5.85. The van der Waals surface area contributed by atoms with E-state index in [1.54, 1.807) is 0 Å². The summed E-state index contributed by atoms with van der Waals surface area (Å²) in [7, 11) is 0. The lowest BCUT2D eigenvalue weighted by molar-refractivity contribution is 0.410. The van der Waals surface area contributed by atoms with Gasteiger partial charge in [0.05, 0.1) is 11.2 Å². The van der Waals surface area contributed by atoms with Crippen molar-refractivity contribution in [1.82, 2.24) is 14.6 Å². The van der Waals surface area contributed by atoms with Crippen LogP contribution in [0.4, 0.5) is 0 Å². The normalized spacial score (nSPS) is 17.4. The minimum atomic E-state index is 0.706. The molecule has 1 fully saturated rings. The Balaban J connectivity index is 1.55. The van der Waals surface area contributed by atoms with Gasteiger partial charge in [-0.05, 0) is 48.2 Å². The summed E-state index contributed by atoms with van der Waals surface area (Å²) in [5, 5.41) is 4.26. The van der Waals surface area contributed by atoms with E-state index in [-0.39, 0.29) is 0 Å². The van der Waals surface area contributed by atoms with E-state index in [0.29, 0.717) is 5.92 Å². The van der Waals surface area contributed by atoms with E-state index in [9.17, 15) is 0 Å². The van der Waals surface area contributed by atoms with Crippen LogP contribution in [0, 0.1) is 0 Å². The van der Waals surface area contributed by atoms with Crippen LogP contribution in [0.5, 0.6) is 0 Å². The summed E-state index contributed by atoms with van der Waals surface area (Å²) in [6.07, 6.45) is 11.1. The van der Waals surface area contributed by atoms with E-state index in [0.717, 1.165) is 11.9 Å². The van der Waals surface area contributed by atoms with Gasteiger partial charge < -0.3 is 0 Å². The molecule has 0 aromatic carbocycles. The van der Waals surface area contributed by atoms with E-state index in [2.05, 4.69) is 35.4 Å². The molecule has 0 radical (unpaired) electrons. The third-order valence-corrected chi connectivity index (χ3v) is 5.02. The standard InChI is InChI=1S/C19H17N3/c1-2-13(3-1)18-6-5-17-16(4-7-19(17)21-18)14-9-11-22-15(12-14)8-10-20-22/h4-6,8-13H,1-3,7H2. The minimum absolute atomic E-state index is 0.706. The predicted molar refractivity (Wildman–Crippen MR) is 86.8 cm³/mol. The molecule has 0 atom stereocenters. The molecule has 0 saturated heterocycles. The molecule has 22 heavy (non-hydrogen) atoms. The number of aromatic nitrogens is 3. The van der Waals surface area contributed by atoms with E-state index in [1.807, 2.05) is 23.0 Å². The smallest absolute Gasteiger partial charge is 0.0667 e. The summed E-state index contributed by atoms with van der Waals surface area (Å²) in [6, 6.07) is 10.9. The molecule has 0 amide bonds. The fourth-order valence-corrected chi connectivity index (χ4v) is 3.52. The number of allylic oxidation sites excluding steroid dienone is 1. The topological polar surface area (TPSA) is 30.2 Å². The molecule has 0 spiro atoms. The van der Waals surface area contributed by atoms with Crippen LogP contribution >= 0.6 is 0 Å². The Morgan fingerprint density at radius 1 is 1.09 bits per heavy atom. The number of pyridine rings is 2. The quantitative estimate of drug-likeness (QED) is 0.713. The maximum atomic E-state index is 4.93. The molecule has 3 aromatic rings. The molecule has 0 aliphatic heterocycles. The summed E-state index contributed by atoms with van der Waals surface area (Å²) < 4.78 is 1.90. The van der Waals surface area contributed by atoms with Crippen LogP contribution < -0.4 is 0 Å². The van der Waals surface area contributed by atoms with Crippen LogP contribution in [-0.4, -0.2) is 14.6 Å². The first-order valence-corrected chi connectivity index (χ1v) is 8.02. The molecule has 3 heteroatoms. The Morgan fingerprint density at radius 3 is 2.91 bits per heavy atom. The second kappa shape index (κ2) is 4.54. The van der Waals surface area contributed by atoms with Crippen LogP contribution in [0.2, 0.25) is 0 Å². The Kier molecular flexibility index (Phi) is 2.51. The molecule has 0 unspecified atom stereocenters. The van der Waals surface area contributed by atoms with E-state index in [1.165, 1.54) is 47.4 Å². The fraction of sp³-hybridized carbons (Fsp3) is 0.263. The predicted octanol–water partition coefficient (Wildman–Crippen LogP) is 3.98. The molecule has 3 aromatic heterocycles. The molecule has 2 aliphatic rings. The lowest BCUT2D eigenvalue weighted by atomic mass is 9.82. The van der Waals surface area contributed by atoms with E-state index >= 15 is 0 Å². The molecular formula is C19H17N3. The van der Waals surface area contributed by atoms with Gasteiger partial charge in [0, 0.05) is 36.0 Å². The summed E-state index contributed by atoms with van der Waals surface area (Å²) in [5.41, 5.74) is 7.54. The highest BCUT2D eigenvalue weighted by Gasteiger charge is 2.24. The number of nitrogens with zero attached hydrogens (tertiary/aromatic N) is 3. The Labute approximate surface area is 129 Å². The molecule has 2 aliphatic carbocycles. The molecular weight excluding hydrogens is 270 g/mol. The molecule has 0 N–H and O–H groups in total. The zero-order chi connectivity index (χ0) is 14.5. The maximum absolute atomic E-state index is 4.93. The van der Waals surface area contributed by atoms with Crippen LogP contribution in [0.25, 0.3) is 11.1 Å². The highest BCUT2D eigenvalue weighted by atomic mass is 15.2. The van der Waals surface area contributed by atoms with Gasteiger partial charge in [-0.15, -0.1) is 0 Å². The third kappa shape index (κ3) is 1.75. The summed E-state index contributed by atoms with van der Waals surface area (Å²) in [4.78, 5) is 4.93. The lowest BCUT2D eigenvalue weighted by Gasteiger charge is -2.25. The average molecular weight is 287 g/mol. The molecule has 1 saturated carbocycles. The maximum Gasteiger partial charge on any atom is 0.0667 e. The van der Waals surface area contributed by atoms with Crippen molar-refractivity contribution in [1.29, 1.82) is 0 Å². The fourth-order valence-electron chi connectivity index (χ4n) is 3.52. The van der Waals surface area contributed by atoms with Crippen molar-refractivity contribution in [3.05, 3.63) is 71.3 Å². The molecule has 3 nitrogen and oxygen atoms in total. The summed E-state index contributed by atoms with van der Waals surface area (Å²) in [5.74, 6) is 0.706. The molecule has 108 valence electrons. The monoisotopic (exact) mass is 287 g/mol. The molecule has 5 rings (SSSR count). The zero-order valence-electron chi connectivity index (χ0n) is 12.4. The zero-order valence-corrected chi connectivity index (χ0v) is 12.4. The van der Waals surface area contributed by atoms with Gasteiger partial charge in [-0.25, -0.2) is 4.52 Å². The molecule has 0 bridgehead atoms. The lowest BCUT2D eigenvalue weighted by Crippen LogP contribution is -2.11. The number of hydrogen-bond donors (Lipinski definition) is 0. The van der Waals surface area contributed by atoms with Gasteiger partial charge in [-0.1, -0.05) is 18.6 Å².